The second-order valence-electron chi connectivity index (χ2n) is 6.05. The Morgan fingerprint density at radius 2 is 2.04 bits per heavy atom. The van der Waals surface area contributed by atoms with Crippen molar-refractivity contribution in [3.8, 4) is 0 Å². The number of nitrogens with zero attached hydrogens (tertiary/aromatic N) is 2. The van der Waals surface area contributed by atoms with Gasteiger partial charge < -0.3 is 10.1 Å². The summed E-state index contributed by atoms with van der Waals surface area (Å²) in [6.45, 7) is 0.547. The second-order valence-corrected chi connectivity index (χ2v) is 8.19. The number of methoxy groups -OCH3 is 1. The molecule has 8 nitrogen and oxygen atoms in total. The molecule has 2 rings (SSSR count). The second kappa shape index (κ2) is 7.94. The summed E-state index contributed by atoms with van der Waals surface area (Å²) in [4.78, 5) is 24.1. The van der Waals surface area contributed by atoms with Gasteiger partial charge in [-0.3, -0.25) is 4.79 Å². The number of rotatable bonds is 5. The number of hydrogen-bond acceptors (Lipinski definition) is 5. The van der Waals surface area contributed by atoms with Gasteiger partial charge in [-0.25, -0.2) is 4.79 Å². The SMILES string of the molecule is COC(=O)c1cccc(NC(=O)C2CCCN(S(=O)(=O)N(C)C)C2)c1. The quantitative estimate of drug-likeness (QED) is 0.779. The van der Waals surface area contributed by atoms with Crippen molar-refractivity contribution in [2.75, 3.05) is 39.6 Å². The lowest BCUT2D eigenvalue weighted by atomic mass is 9.98. The number of amides is 1. The van der Waals surface area contributed by atoms with Gasteiger partial charge in [0.05, 0.1) is 18.6 Å². The molecule has 0 aromatic heterocycles. The summed E-state index contributed by atoms with van der Waals surface area (Å²) in [5.74, 6) is -1.19. The van der Waals surface area contributed by atoms with Crippen LogP contribution in [0.15, 0.2) is 24.3 Å². The van der Waals surface area contributed by atoms with Crippen molar-refractivity contribution in [2.45, 2.75) is 12.8 Å². The summed E-state index contributed by atoms with van der Waals surface area (Å²) in [5, 5.41) is 2.75. The third-order valence-electron chi connectivity index (χ3n) is 4.09. The van der Waals surface area contributed by atoms with Gasteiger partial charge in [0.25, 0.3) is 10.2 Å². The fourth-order valence-corrected chi connectivity index (χ4v) is 3.87. The van der Waals surface area contributed by atoms with Crippen LogP contribution in [0.5, 0.6) is 0 Å². The van der Waals surface area contributed by atoms with Crippen LogP contribution in [0.3, 0.4) is 0 Å². The molecule has 1 fully saturated rings. The van der Waals surface area contributed by atoms with Crippen molar-refractivity contribution in [1.29, 1.82) is 0 Å². The van der Waals surface area contributed by atoms with Gasteiger partial charge in [0.15, 0.2) is 0 Å². The molecule has 0 aliphatic carbocycles. The molecular weight excluding hydrogens is 346 g/mol. The van der Waals surface area contributed by atoms with Gasteiger partial charge in [0.2, 0.25) is 5.91 Å². The van der Waals surface area contributed by atoms with Gasteiger partial charge in [-0.2, -0.15) is 17.0 Å². The fraction of sp³-hybridized carbons (Fsp3) is 0.500. The number of piperidine rings is 1. The minimum Gasteiger partial charge on any atom is -0.465 e. The first-order valence-electron chi connectivity index (χ1n) is 7.92. The van der Waals surface area contributed by atoms with Crippen LogP contribution in [-0.4, -0.2) is 63.2 Å². The van der Waals surface area contributed by atoms with Crippen LogP contribution < -0.4 is 5.32 Å². The monoisotopic (exact) mass is 369 g/mol. The third kappa shape index (κ3) is 4.56. The van der Waals surface area contributed by atoms with Crippen LogP contribution >= 0.6 is 0 Å². The summed E-state index contributed by atoms with van der Waals surface area (Å²) in [7, 11) is 0.691. The van der Waals surface area contributed by atoms with E-state index in [2.05, 4.69) is 10.1 Å². The Morgan fingerprint density at radius 3 is 2.68 bits per heavy atom. The maximum absolute atomic E-state index is 12.5. The van der Waals surface area contributed by atoms with E-state index in [9.17, 15) is 18.0 Å². The summed E-state index contributed by atoms with van der Waals surface area (Å²) in [6, 6.07) is 6.43. The Labute approximate surface area is 147 Å². The van der Waals surface area contributed by atoms with Crippen LogP contribution in [0.4, 0.5) is 5.69 Å². The minimum absolute atomic E-state index is 0.142. The number of esters is 1. The predicted octanol–water partition coefficient (Wildman–Crippen LogP) is 0.930. The predicted molar refractivity (Wildman–Crippen MR) is 93.3 cm³/mol. The zero-order valence-corrected chi connectivity index (χ0v) is 15.4. The standard InChI is InChI=1S/C16H23N3O5S/c1-18(2)25(22,23)19-9-5-7-13(11-19)15(20)17-14-8-4-6-12(10-14)16(21)24-3/h4,6,8,10,13H,5,7,9,11H2,1-3H3,(H,17,20). The molecule has 1 amide bonds. The van der Waals surface area contributed by atoms with Gasteiger partial charge in [-0.05, 0) is 31.0 Å². The van der Waals surface area contributed by atoms with E-state index < -0.39 is 22.1 Å². The number of nitrogens with one attached hydrogen (secondary N) is 1. The zero-order valence-electron chi connectivity index (χ0n) is 14.6. The number of carbonyl (C=O) groups is 2. The van der Waals surface area contributed by atoms with Crippen molar-refractivity contribution >= 4 is 27.8 Å². The smallest absolute Gasteiger partial charge is 0.337 e. The molecule has 1 aromatic rings. The highest BCUT2D eigenvalue weighted by Gasteiger charge is 2.33. The molecule has 1 saturated heterocycles. The Kier molecular flexibility index (Phi) is 6.15. The van der Waals surface area contributed by atoms with E-state index >= 15 is 0 Å². The maximum atomic E-state index is 12.5. The molecule has 9 heteroatoms. The first-order chi connectivity index (χ1) is 11.8. The summed E-state index contributed by atoms with van der Waals surface area (Å²) in [6.07, 6.45) is 1.23. The largest absolute Gasteiger partial charge is 0.465 e. The van der Waals surface area contributed by atoms with E-state index in [0.717, 1.165) is 4.31 Å². The van der Waals surface area contributed by atoms with Crippen molar-refractivity contribution < 1.29 is 22.7 Å². The summed E-state index contributed by atoms with van der Waals surface area (Å²) >= 11 is 0. The van der Waals surface area contributed by atoms with Crippen LogP contribution in [-0.2, 0) is 19.7 Å². The lowest BCUT2D eigenvalue weighted by molar-refractivity contribution is -0.120. The summed E-state index contributed by atoms with van der Waals surface area (Å²) in [5.41, 5.74) is 0.807. The Balaban J connectivity index is 2.07. The van der Waals surface area contributed by atoms with E-state index in [1.54, 1.807) is 18.2 Å². The number of hydrogen-bond donors (Lipinski definition) is 1. The van der Waals surface area contributed by atoms with Crippen LogP contribution in [0.1, 0.15) is 23.2 Å². The lowest BCUT2D eigenvalue weighted by Crippen LogP contribution is -2.47. The van der Waals surface area contributed by atoms with E-state index in [1.165, 1.54) is 31.6 Å². The maximum Gasteiger partial charge on any atom is 0.337 e. The minimum atomic E-state index is -3.54. The fourth-order valence-electron chi connectivity index (χ4n) is 2.68. The highest BCUT2D eigenvalue weighted by Crippen LogP contribution is 2.22. The first kappa shape index (κ1) is 19.4. The molecule has 0 bridgehead atoms. The third-order valence-corrected chi connectivity index (χ3v) is 6.00. The number of ether oxygens (including phenoxy) is 1. The lowest BCUT2D eigenvalue weighted by Gasteiger charge is -2.32. The number of anilines is 1. The van der Waals surface area contributed by atoms with Gasteiger partial charge >= 0.3 is 5.97 Å². The molecule has 1 aliphatic heterocycles. The normalized spacial score (nSPS) is 18.8. The molecule has 1 aromatic carbocycles. The Bertz CT molecular complexity index is 748. The van der Waals surface area contributed by atoms with E-state index in [4.69, 9.17) is 0 Å². The molecule has 138 valence electrons. The molecule has 0 saturated carbocycles. The molecule has 1 heterocycles. The average Bonchev–Trinajstić information content (AvgIpc) is 2.61. The van der Waals surface area contributed by atoms with Crippen molar-refractivity contribution in [3.05, 3.63) is 29.8 Å². The van der Waals surface area contributed by atoms with E-state index in [-0.39, 0.29) is 12.5 Å². The molecule has 1 aliphatic rings. The average molecular weight is 369 g/mol. The highest BCUT2D eigenvalue weighted by molar-refractivity contribution is 7.86. The van der Waals surface area contributed by atoms with Crippen LogP contribution in [0.25, 0.3) is 0 Å². The molecular formula is C16H23N3O5S. The number of carbonyl (C=O) groups excluding carboxylic acids is 2. The van der Waals surface area contributed by atoms with Gasteiger partial charge in [0.1, 0.15) is 0 Å². The highest BCUT2D eigenvalue weighted by atomic mass is 32.2. The van der Waals surface area contributed by atoms with E-state index in [1.807, 2.05) is 0 Å². The Morgan fingerprint density at radius 1 is 1.32 bits per heavy atom. The van der Waals surface area contributed by atoms with Gasteiger partial charge in [-0.15, -0.1) is 0 Å². The van der Waals surface area contributed by atoms with Crippen molar-refractivity contribution in [3.63, 3.8) is 0 Å². The van der Waals surface area contributed by atoms with Crippen molar-refractivity contribution in [2.24, 2.45) is 5.92 Å². The molecule has 0 spiro atoms. The Hall–Kier alpha value is -1.97. The first-order valence-corrected chi connectivity index (χ1v) is 9.32. The topological polar surface area (TPSA) is 96.0 Å². The zero-order chi connectivity index (χ0) is 18.6. The number of benzene rings is 1. The van der Waals surface area contributed by atoms with Crippen LogP contribution in [0, 0.1) is 5.92 Å². The summed E-state index contributed by atoms with van der Waals surface area (Å²) < 4.78 is 31.6. The van der Waals surface area contributed by atoms with E-state index in [0.29, 0.717) is 30.6 Å². The van der Waals surface area contributed by atoms with Crippen molar-refractivity contribution in [1.82, 2.24) is 8.61 Å². The molecule has 25 heavy (non-hydrogen) atoms. The molecule has 0 radical (unpaired) electrons. The van der Waals surface area contributed by atoms with Crippen LogP contribution in [0.2, 0.25) is 0 Å². The molecule has 1 N–H and O–H groups in total. The molecule has 1 unspecified atom stereocenters. The van der Waals surface area contributed by atoms with Gasteiger partial charge in [0, 0.05) is 32.9 Å². The molecule has 1 atom stereocenters. The van der Waals surface area contributed by atoms with Gasteiger partial charge in [-0.1, -0.05) is 6.07 Å².